The van der Waals surface area contributed by atoms with Gasteiger partial charge in [0.25, 0.3) is 0 Å². The van der Waals surface area contributed by atoms with Crippen LogP contribution < -0.4 is 0 Å². The zero-order chi connectivity index (χ0) is 0. The van der Waals surface area contributed by atoms with Crippen molar-refractivity contribution in [2.24, 2.45) is 0 Å². The molecule has 0 saturated carbocycles. The fraction of sp³-hybridized carbons (Fsp3) is 0. The van der Waals surface area contributed by atoms with Crippen molar-refractivity contribution in [2.75, 3.05) is 0 Å². The third-order valence-electron chi connectivity index (χ3n) is 0. The molecule has 0 atom stereocenters. The van der Waals surface area contributed by atoms with Gasteiger partial charge in [0.1, 0.15) is 0 Å². The first kappa shape index (κ1) is 73.7. The van der Waals surface area contributed by atoms with Gasteiger partial charge in [-0.2, -0.15) is 0 Å². The van der Waals surface area contributed by atoms with E-state index in [0.717, 1.165) is 0 Å². The zero-order valence-electron chi connectivity index (χ0n) is 3.18. The standard InChI is InChI=1S/Ga.Ge.In.2O.Zn/q;+4;;2*-2;. The van der Waals surface area contributed by atoms with E-state index in [0.29, 0.717) is 0 Å². The van der Waals surface area contributed by atoms with Crippen molar-refractivity contribution < 1.29 is 30.4 Å². The Morgan fingerprint density at radius 1 is 0.833 bits per heavy atom. The minimum atomic E-state index is 0. The molecule has 0 aliphatic rings. The average Bonchev–Trinajstić information content (AvgIpc) is 0. The third kappa shape index (κ3) is 30.7. The first-order valence-electron chi connectivity index (χ1n) is 0. The van der Waals surface area contributed by atoms with Gasteiger partial charge in [0.15, 0.2) is 0 Å². The molecule has 0 fully saturated rings. The van der Waals surface area contributed by atoms with Crippen molar-refractivity contribution >= 4 is 63.2 Å². The zero-order valence-corrected chi connectivity index (χ0v) is 14.0. The predicted molar refractivity (Wildman–Crippen MR) is 18.6 cm³/mol. The third-order valence-corrected chi connectivity index (χ3v) is 0. The van der Waals surface area contributed by atoms with E-state index in [1.807, 2.05) is 0 Å². The van der Waals surface area contributed by atoms with Crippen LogP contribution in [0.25, 0.3) is 0 Å². The summed E-state index contributed by atoms with van der Waals surface area (Å²) in [4.78, 5) is 0. The van der Waals surface area contributed by atoms with Gasteiger partial charge in [0.2, 0.25) is 0 Å². The van der Waals surface area contributed by atoms with Crippen molar-refractivity contribution in [1.29, 1.82) is 0 Å². The van der Waals surface area contributed by atoms with E-state index in [2.05, 4.69) is 0 Å². The molecule has 0 unspecified atom stereocenters. The van der Waals surface area contributed by atoms with Gasteiger partial charge in [-0.05, 0) is 0 Å². The molecule has 6 heteroatoms. The van der Waals surface area contributed by atoms with E-state index < -0.39 is 0 Å². The van der Waals surface area contributed by atoms with Crippen LogP contribution in [0.4, 0.5) is 0 Å². The summed E-state index contributed by atoms with van der Waals surface area (Å²) in [5, 5.41) is 0. The normalized spacial score (nSPS) is 0. The Morgan fingerprint density at radius 2 is 0.833 bits per heavy atom. The second-order valence-electron chi connectivity index (χ2n) is 0. The van der Waals surface area contributed by atoms with Crippen LogP contribution in [0, 0.1) is 0 Å². The second kappa shape index (κ2) is 49.1. The molecule has 0 heterocycles. The quantitative estimate of drug-likeness (QED) is 0.482. The van der Waals surface area contributed by atoms with Gasteiger partial charge >= 0.3 is 17.6 Å². The second-order valence-corrected chi connectivity index (χ2v) is 0. The summed E-state index contributed by atoms with van der Waals surface area (Å²) in [7, 11) is 0. The Hall–Kier alpha value is 2.59. The minimum absolute atomic E-state index is 0. The van der Waals surface area contributed by atoms with Crippen molar-refractivity contribution in [1.82, 2.24) is 0 Å². The number of hydrogen-bond acceptors (Lipinski definition) is 0. The average molecular weight is 355 g/mol. The first-order valence-corrected chi connectivity index (χ1v) is 0. The smallest absolute Gasteiger partial charge is 2.00 e. The van der Waals surface area contributed by atoms with Crippen molar-refractivity contribution in [3.05, 3.63) is 0 Å². The summed E-state index contributed by atoms with van der Waals surface area (Å²) in [6, 6.07) is 0. The Kier molecular flexibility index (Phi) is 603. The Balaban J connectivity index is 0. The maximum absolute atomic E-state index is 0. The van der Waals surface area contributed by atoms with Crippen molar-refractivity contribution in [3.8, 4) is 0 Å². The molecule has 0 aromatic rings. The first-order chi connectivity index (χ1) is 0. The molecule has 6 radical (unpaired) electrons. The van der Waals surface area contributed by atoms with E-state index in [4.69, 9.17) is 0 Å². The van der Waals surface area contributed by atoms with Gasteiger partial charge in [0, 0.05) is 65.1 Å². The van der Waals surface area contributed by atoms with Crippen LogP contribution >= 0.6 is 0 Å². The van der Waals surface area contributed by atoms with E-state index >= 15 is 0 Å². The molecule has 0 aromatic carbocycles. The molecule has 0 aliphatic carbocycles. The Bertz CT molecular complexity index is 13.5. The van der Waals surface area contributed by atoms with Crippen LogP contribution in [-0.4, -0.2) is 63.2 Å². The number of rotatable bonds is 0. The van der Waals surface area contributed by atoms with Crippen LogP contribution in [0.15, 0.2) is 0 Å². The molecular weight excluding hydrogens is 355 g/mol. The number of hydrogen-bond donors (Lipinski definition) is 0. The largest absolute Gasteiger partial charge is 4.00 e. The fourth-order valence-corrected chi connectivity index (χ4v) is 0. The fourth-order valence-electron chi connectivity index (χ4n) is 0. The molecule has 0 amide bonds. The molecule has 0 N–H and O–H groups in total. The van der Waals surface area contributed by atoms with Gasteiger partial charge in [0.05, 0.1) is 0 Å². The van der Waals surface area contributed by atoms with E-state index in [-0.39, 0.29) is 93.7 Å². The van der Waals surface area contributed by atoms with Crippen molar-refractivity contribution in [3.63, 3.8) is 0 Å². The maximum Gasteiger partial charge on any atom is 4.00 e. The van der Waals surface area contributed by atoms with Gasteiger partial charge in [-0.3, -0.25) is 0 Å². The van der Waals surface area contributed by atoms with Gasteiger partial charge in [-0.15, -0.1) is 0 Å². The van der Waals surface area contributed by atoms with Gasteiger partial charge < -0.3 is 11.0 Å². The van der Waals surface area contributed by atoms with Crippen LogP contribution in [-0.2, 0) is 30.4 Å². The molecule has 2 nitrogen and oxygen atoms in total. The monoisotopic (exact) mass is 354 g/mol. The molecular formula is GaGeInO2Zn. The maximum atomic E-state index is 0. The van der Waals surface area contributed by atoms with Gasteiger partial charge in [-0.1, -0.05) is 0 Å². The van der Waals surface area contributed by atoms with Crippen molar-refractivity contribution in [2.45, 2.75) is 0 Å². The summed E-state index contributed by atoms with van der Waals surface area (Å²) < 4.78 is 0. The molecule has 0 saturated heterocycles. The summed E-state index contributed by atoms with van der Waals surface area (Å²) >= 11 is 0. The molecule has 24 valence electrons. The predicted octanol–water partition coefficient (Wildman–Crippen LogP) is -1.38. The molecule has 0 bridgehead atoms. The van der Waals surface area contributed by atoms with E-state index in [1.165, 1.54) is 0 Å². The SMILES string of the molecule is [Ga].[Ge+4].[In].[O-2].[O-2].[Zn]. The van der Waals surface area contributed by atoms with Crippen LogP contribution in [0.2, 0.25) is 0 Å². The summed E-state index contributed by atoms with van der Waals surface area (Å²) in [5.74, 6) is 0. The summed E-state index contributed by atoms with van der Waals surface area (Å²) in [6.07, 6.45) is 0. The molecule has 0 rings (SSSR count). The minimum Gasteiger partial charge on any atom is -2.00 e. The molecule has 0 aliphatic heterocycles. The van der Waals surface area contributed by atoms with Crippen LogP contribution in [0.1, 0.15) is 0 Å². The van der Waals surface area contributed by atoms with E-state index in [1.54, 1.807) is 0 Å². The molecule has 0 spiro atoms. The van der Waals surface area contributed by atoms with E-state index in [9.17, 15) is 0 Å². The topological polar surface area (TPSA) is 57.0 Å². The molecule has 6 heavy (non-hydrogen) atoms. The summed E-state index contributed by atoms with van der Waals surface area (Å²) in [6.45, 7) is 0. The molecule has 0 aromatic heterocycles. The Labute approximate surface area is 92.4 Å². The Morgan fingerprint density at radius 3 is 0.833 bits per heavy atom. The summed E-state index contributed by atoms with van der Waals surface area (Å²) in [5.41, 5.74) is 0. The van der Waals surface area contributed by atoms with Gasteiger partial charge in [-0.25, -0.2) is 0 Å². The van der Waals surface area contributed by atoms with Crippen LogP contribution in [0.5, 0.6) is 0 Å². The van der Waals surface area contributed by atoms with Crippen LogP contribution in [0.3, 0.4) is 0 Å².